The second-order valence-electron chi connectivity index (χ2n) is 7.76. The number of halogens is 3. The topological polar surface area (TPSA) is 78.9 Å². The number of hydrogen-bond donors (Lipinski definition) is 2. The van der Waals surface area contributed by atoms with E-state index in [4.69, 9.17) is 21.4 Å². The van der Waals surface area contributed by atoms with Crippen molar-refractivity contribution in [3.63, 3.8) is 0 Å². The molecule has 0 radical (unpaired) electrons. The molecule has 1 fully saturated rings. The Hall–Kier alpha value is -2.87. The lowest BCUT2D eigenvalue weighted by atomic mass is 10.0. The Kier molecular flexibility index (Phi) is 5.90. The van der Waals surface area contributed by atoms with Crippen molar-refractivity contribution in [2.24, 2.45) is 0 Å². The molecule has 1 saturated heterocycles. The number of nitrogens with zero attached hydrogens (tertiary/aromatic N) is 1. The van der Waals surface area contributed by atoms with Gasteiger partial charge in [-0.15, -0.1) is 0 Å². The molecule has 0 aromatic heterocycles. The van der Waals surface area contributed by atoms with Crippen LogP contribution in [0.2, 0.25) is 5.02 Å². The summed E-state index contributed by atoms with van der Waals surface area (Å²) in [5.41, 5.74) is 1.11. The van der Waals surface area contributed by atoms with Gasteiger partial charge in [0.25, 0.3) is 11.8 Å². The molecule has 2 aromatic carbocycles. The van der Waals surface area contributed by atoms with Crippen molar-refractivity contribution in [1.29, 1.82) is 0 Å². The van der Waals surface area contributed by atoms with Crippen LogP contribution in [0.5, 0.6) is 5.75 Å². The van der Waals surface area contributed by atoms with Crippen molar-refractivity contribution in [3.05, 3.63) is 53.1 Å². The first kappa shape index (κ1) is 21.8. The van der Waals surface area contributed by atoms with Gasteiger partial charge < -0.3 is 20.1 Å². The molecule has 30 heavy (non-hydrogen) atoms. The third-order valence-electron chi connectivity index (χ3n) is 4.58. The quantitative estimate of drug-likeness (QED) is 0.694. The number of ether oxygens (including phenoxy) is 1. The average Bonchev–Trinajstić information content (AvgIpc) is 2.65. The van der Waals surface area contributed by atoms with Gasteiger partial charge in [-0.25, -0.2) is 13.6 Å². The highest BCUT2D eigenvalue weighted by Gasteiger charge is 2.46. The molecule has 0 atom stereocenters. The van der Waals surface area contributed by atoms with E-state index >= 15 is 0 Å². The fraction of sp³-hybridized carbons (Fsp3) is 0.333. The number of hydrogen-bond acceptors (Lipinski definition) is 3. The molecule has 0 unspecified atom stereocenters. The number of carbonyl (C=O) groups is 2. The highest BCUT2D eigenvalue weighted by molar-refractivity contribution is 6.32. The standard InChI is InChI=1S/C21H21ClF2N2O4/c1-20(2,10-25-19(28)29)30-17-8-7-15(9-16(17)22)13-3-5-14(6-4-13)18(27)26-11-21(23,24)12-26/h3-9,25H,10-12H2,1-2H3,(H,28,29). The molecule has 0 aliphatic carbocycles. The van der Waals surface area contributed by atoms with E-state index in [9.17, 15) is 18.4 Å². The maximum Gasteiger partial charge on any atom is 0.404 e. The summed E-state index contributed by atoms with van der Waals surface area (Å²) in [6, 6.07) is 11.8. The van der Waals surface area contributed by atoms with Crippen molar-refractivity contribution in [3.8, 4) is 16.9 Å². The largest absolute Gasteiger partial charge is 0.484 e. The lowest BCUT2D eigenvalue weighted by Gasteiger charge is -2.38. The summed E-state index contributed by atoms with van der Waals surface area (Å²) in [5.74, 6) is -2.82. The summed E-state index contributed by atoms with van der Waals surface area (Å²) in [7, 11) is 0. The van der Waals surface area contributed by atoms with E-state index in [1.165, 1.54) is 0 Å². The molecular weight excluding hydrogens is 418 g/mol. The van der Waals surface area contributed by atoms with Crippen molar-refractivity contribution in [1.82, 2.24) is 10.2 Å². The van der Waals surface area contributed by atoms with E-state index in [0.29, 0.717) is 16.3 Å². The molecule has 6 nitrogen and oxygen atoms in total. The van der Waals surface area contributed by atoms with E-state index in [0.717, 1.165) is 16.0 Å². The molecule has 2 N–H and O–H groups in total. The summed E-state index contributed by atoms with van der Waals surface area (Å²) >= 11 is 6.33. The van der Waals surface area contributed by atoms with Gasteiger partial charge in [0.15, 0.2) is 0 Å². The highest BCUT2D eigenvalue weighted by atomic mass is 35.5. The second-order valence-corrected chi connectivity index (χ2v) is 8.17. The lowest BCUT2D eigenvalue weighted by molar-refractivity contribution is -0.113. The summed E-state index contributed by atoms with van der Waals surface area (Å²) < 4.78 is 31.7. The first-order chi connectivity index (χ1) is 14.0. The van der Waals surface area contributed by atoms with Crippen LogP contribution in [-0.4, -0.2) is 53.2 Å². The average molecular weight is 439 g/mol. The monoisotopic (exact) mass is 438 g/mol. The second kappa shape index (κ2) is 8.10. The zero-order valence-electron chi connectivity index (χ0n) is 16.4. The molecular formula is C21H21ClF2N2O4. The van der Waals surface area contributed by atoms with Crippen LogP contribution in [0, 0.1) is 0 Å². The van der Waals surface area contributed by atoms with E-state index in [1.807, 2.05) is 0 Å². The highest BCUT2D eigenvalue weighted by Crippen LogP contribution is 2.33. The number of nitrogens with one attached hydrogen (secondary N) is 1. The van der Waals surface area contributed by atoms with Gasteiger partial charge >= 0.3 is 6.09 Å². The lowest BCUT2D eigenvalue weighted by Crippen LogP contribution is -2.58. The summed E-state index contributed by atoms with van der Waals surface area (Å²) in [5, 5.41) is 11.4. The van der Waals surface area contributed by atoms with Crippen LogP contribution in [0.4, 0.5) is 13.6 Å². The maximum atomic E-state index is 13.0. The Morgan fingerprint density at radius 2 is 1.77 bits per heavy atom. The molecule has 2 aromatic rings. The molecule has 0 spiro atoms. The smallest absolute Gasteiger partial charge is 0.404 e. The number of likely N-dealkylation sites (tertiary alicyclic amines) is 1. The van der Waals surface area contributed by atoms with Gasteiger partial charge in [-0.05, 0) is 49.2 Å². The number of alkyl halides is 2. The van der Waals surface area contributed by atoms with E-state index < -0.39 is 36.6 Å². The first-order valence-electron chi connectivity index (χ1n) is 9.19. The predicted octanol–water partition coefficient (Wildman–Crippen LogP) is 4.52. The van der Waals surface area contributed by atoms with Crippen molar-refractivity contribution in [2.75, 3.05) is 19.6 Å². The number of carbonyl (C=O) groups excluding carboxylic acids is 1. The minimum absolute atomic E-state index is 0.0822. The zero-order chi connectivity index (χ0) is 22.1. The first-order valence-corrected chi connectivity index (χ1v) is 9.56. The Bertz CT molecular complexity index is 956. The van der Waals surface area contributed by atoms with Crippen LogP contribution in [-0.2, 0) is 0 Å². The minimum Gasteiger partial charge on any atom is -0.484 e. The number of amides is 2. The third-order valence-corrected chi connectivity index (χ3v) is 4.88. The van der Waals surface area contributed by atoms with Crippen LogP contribution < -0.4 is 10.1 Å². The Morgan fingerprint density at radius 1 is 1.17 bits per heavy atom. The molecule has 9 heteroatoms. The normalized spacial score (nSPS) is 15.3. The Morgan fingerprint density at radius 3 is 2.30 bits per heavy atom. The van der Waals surface area contributed by atoms with E-state index in [2.05, 4.69) is 5.32 Å². The predicted molar refractivity (Wildman–Crippen MR) is 108 cm³/mol. The van der Waals surface area contributed by atoms with Gasteiger partial charge in [-0.3, -0.25) is 4.79 Å². The molecule has 3 rings (SSSR count). The maximum absolute atomic E-state index is 13.0. The van der Waals surface area contributed by atoms with Gasteiger partial charge in [0.1, 0.15) is 11.4 Å². The molecule has 1 aliphatic rings. The Labute approximate surface area is 177 Å². The van der Waals surface area contributed by atoms with Gasteiger partial charge in [0.2, 0.25) is 0 Å². The van der Waals surface area contributed by atoms with Crippen molar-refractivity contribution < 1.29 is 28.2 Å². The Balaban J connectivity index is 1.69. The van der Waals surface area contributed by atoms with Gasteiger partial charge in [0.05, 0.1) is 24.7 Å². The van der Waals surface area contributed by atoms with Crippen LogP contribution in [0.25, 0.3) is 11.1 Å². The molecule has 1 heterocycles. The van der Waals surface area contributed by atoms with Crippen LogP contribution in [0.3, 0.4) is 0 Å². The summed E-state index contributed by atoms with van der Waals surface area (Å²) in [4.78, 5) is 24.0. The molecule has 160 valence electrons. The fourth-order valence-corrected chi connectivity index (χ4v) is 3.25. The number of rotatable bonds is 6. The molecule has 0 saturated carbocycles. The summed E-state index contributed by atoms with van der Waals surface area (Å²) in [6.45, 7) is 2.44. The van der Waals surface area contributed by atoms with Crippen molar-refractivity contribution in [2.45, 2.75) is 25.4 Å². The van der Waals surface area contributed by atoms with Crippen LogP contribution >= 0.6 is 11.6 Å². The van der Waals surface area contributed by atoms with Gasteiger partial charge in [0, 0.05) is 5.56 Å². The van der Waals surface area contributed by atoms with Gasteiger partial charge in [-0.2, -0.15) is 0 Å². The van der Waals surface area contributed by atoms with Gasteiger partial charge in [-0.1, -0.05) is 29.8 Å². The van der Waals surface area contributed by atoms with Crippen molar-refractivity contribution >= 4 is 23.6 Å². The van der Waals surface area contributed by atoms with Crippen LogP contribution in [0.15, 0.2) is 42.5 Å². The zero-order valence-corrected chi connectivity index (χ0v) is 17.2. The minimum atomic E-state index is -2.80. The molecule has 0 bridgehead atoms. The van der Waals surface area contributed by atoms with Crippen LogP contribution in [0.1, 0.15) is 24.2 Å². The van der Waals surface area contributed by atoms with E-state index in [1.54, 1.807) is 56.3 Å². The number of benzene rings is 2. The summed E-state index contributed by atoms with van der Waals surface area (Å²) in [6.07, 6.45) is -1.14. The third kappa shape index (κ3) is 5.18. The molecule has 2 amide bonds. The SMILES string of the molecule is CC(C)(CNC(=O)O)Oc1ccc(-c2ccc(C(=O)N3CC(F)(F)C3)cc2)cc1Cl. The number of carboxylic acid groups (broad SMARTS) is 1. The fourth-order valence-electron chi connectivity index (χ4n) is 3.03. The molecule has 1 aliphatic heterocycles. The van der Waals surface area contributed by atoms with E-state index in [-0.39, 0.29) is 6.54 Å².